The minimum atomic E-state index is 0.0441. The molecule has 1 aromatic heterocycles. The molecule has 9 aromatic carbocycles. The lowest BCUT2D eigenvalue weighted by Gasteiger charge is -2.42. The highest BCUT2D eigenvalue weighted by Gasteiger charge is 2.42. The number of anilines is 3. The van der Waals surface area contributed by atoms with Crippen molar-refractivity contribution in [3.05, 3.63) is 212 Å². The van der Waals surface area contributed by atoms with E-state index in [4.69, 9.17) is 0 Å². The van der Waals surface area contributed by atoms with Crippen molar-refractivity contribution in [1.82, 2.24) is 4.57 Å². The minimum Gasteiger partial charge on any atom is -0.310 e. The number of para-hydroxylation sites is 3. The van der Waals surface area contributed by atoms with Crippen molar-refractivity contribution < 1.29 is 0 Å². The predicted octanol–water partition coefficient (Wildman–Crippen LogP) is 13.9. The molecule has 0 spiro atoms. The number of unbranched alkanes of at least 4 members (excludes halogenated alkanes) is 1. The Morgan fingerprint density at radius 1 is 0.468 bits per heavy atom. The van der Waals surface area contributed by atoms with E-state index in [0.29, 0.717) is 0 Å². The zero-order chi connectivity index (χ0) is 41.1. The molecule has 0 N–H and O–H groups in total. The van der Waals surface area contributed by atoms with Gasteiger partial charge in [-0.1, -0.05) is 194 Å². The molecular weight excluding hydrogens is 768 g/mol. The summed E-state index contributed by atoms with van der Waals surface area (Å²) in [4.78, 5) is 5.36. The first-order valence-corrected chi connectivity index (χ1v) is 22.8. The van der Waals surface area contributed by atoms with Crippen molar-refractivity contribution in [1.29, 1.82) is 0 Å². The van der Waals surface area contributed by atoms with E-state index >= 15 is 0 Å². The van der Waals surface area contributed by atoms with Crippen LogP contribution in [0, 0.1) is 0 Å². The molecular formula is C58H43BN2S. The summed E-state index contributed by atoms with van der Waals surface area (Å²) < 4.78 is 2.47. The lowest BCUT2D eigenvalue weighted by atomic mass is 9.34. The normalized spacial score (nSPS) is 12.7. The van der Waals surface area contributed by atoms with Gasteiger partial charge in [0.05, 0.1) is 16.7 Å². The van der Waals surface area contributed by atoms with Gasteiger partial charge in [0.2, 0.25) is 6.71 Å². The highest BCUT2D eigenvalue weighted by atomic mass is 32.2. The number of hydrogen-bond acceptors (Lipinski definition) is 2. The quantitative estimate of drug-likeness (QED) is 0.141. The first-order valence-electron chi connectivity index (χ1n) is 21.9. The van der Waals surface area contributed by atoms with Crippen LogP contribution >= 0.6 is 11.8 Å². The summed E-state index contributed by atoms with van der Waals surface area (Å²) in [6.07, 6.45) is 3.33. The Bertz CT molecular complexity index is 3210. The average molecular weight is 811 g/mol. The molecule has 0 unspecified atom stereocenters. The zero-order valence-electron chi connectivity index (χ0n) is 34.6. The smallest absolute Gasteiger partial charge is 0.249 e. The number of hydrogen-bond donors (Lipinski definition) is 0. The van der Waals surface area contributed by atoms with Crippen molar-refractivity contribution in [3.63, 3.8) is 0 Å². The van der Waals surface area contributed by atoms with Crippen LogP contribution in [0.2, 0.25) is 0 Å². The number of aromatic nitrogens is 1. The second-order valence-electron chi connectivity index (χ2n) is 16.7. The first-order chi connectivity index (χ1) is 30.7. The first kappa shape index (κ1) is 36.8. The topological polar surface area (TPSA) is 8.17 Å². The lowest BCUT2D eigenvalue weighted by Crippen LogP contribution is -2.60. The van der Waals surface area contributed by atoms with Crippen molar-refractivity contribution >= 4 is 73.7 Å². The van der Waals surface area contributed by atoms with Gasteiger partial charge in [-0.3, -0.25) is 0 Å². The van der Waals surface area contributed by atoms with E-state index in [0.717, 1.165) is 24.9 Å². The molecule has 62 heavy (non-hydrogen) atoms. The van der Waals surface area contributed by atoms with Crippen molar-refractivity contribution in [2.24, 2.45) is 0 Å². The number of nitrogens with zero attached hydrogens (tertiary/aromatic N) is 2. The monoisotopic (exact) mass is 810 g/mol. The van der Waals surface area contributed by atoms with Gasteiger partial charge in [0.1, 0.15) is 0 Å². The van der Waals surface area contributed by atoms with Gasteiger partial charge in [0, 0.05) is 48.8 Å². The van der Waals surface area contributed by atoms with E-state index in [2.05, 4.69) is 223 Å². The Labute approximate surface area is 368 Å². The fourth-order valence-corrected chi connectivity index (χ4v) is 11.4. The van der Waals surface area contributed by atoms with Crippen LogP contribution < -0.4 is 21.3 Å². The molecule has 0 saturated heterocycles. The average Bonchev–Trinajstić information content (AvgIpc) is 3.68. The SMILES string of the molecule is CCCCc1cc2c3c(c1)N(c1c(-c4ccccc4)cccc1-c1ccccc1)c1cc(-n4c5ccccc5c5ccccc54)ccc1B3c1cc(-c3ccccc3)ccc1S2. The molecule has 12 rings (SSSR count). The zero-order valence-corrected chi connectivity index (χ0v) is 35.4. The van der Waals surface area contributed by atoms with Crippen molar-refractivity contribution in [3.8, 4) is 39.1 Å². The molecule has 0 aliphatic carbocycles. The summed E-state index contributed by atoms with van der Waals surface area (Å²) in [6, 6.07) is 77.0. The molecule has 0 amide bonds. The molecule has 10 aromatic rings. The second-order valence-corrected chi connectivity index (χ2v) is 17.7. The molecule has 0 atom stereocenters. The molecule has 294 valence electrons. The third kappa shape index (κ3) is 5.96. The standard InChI is InChI=1S/C58H43BN2S/c1-2-3-18-39-35-54-57-56(36-39)62-55-34-31-43(40-19-7-4-8-20-40)37-50(55)59(57)49-33-32-44(60-51-29-15-13-25-47(51)48-26-14-16-30-52(48)60)38-53(49)61(54)58-45(41-21-9-5-10-22-41)27-17-28-46(58)42-23-11-6-12-24-42/h4-17,19-38H,2-3,18H2,1H3. The second kappa shape index (κ2) is 15.2. The number of fused-ring (bicyclic) bond motifs is 7. The summed E-state index contributed by atoms with van der Waals surface area (Å²) in [6.45, 7) is 2.34. The molecule has 4 heteroatoms. The van der Waals surface area contributed by atoms with Crippen molar-refractivity contribution in [2.75, 3.05) is 4.90 Å². The molecule has 2 aliphatic rings. The Hall–Kier alpha value is -7.01. The van der Waals surface area contributed by atoms with Crippen LogP contribution in [0.5, 0.6) is 0 Å². The fourth-order valence-electron chi connectivity index (χ4n) is 10.2. The van der Waals surface area contributed by atoms with Crippen LogP contribution in [-0.4, -0.2) is 11.3 Å². The maximum absolute atomic E-state index is 2.66. The van der Waals surface area contributed by atoms with Gasteiger partial charge in [0.25, 0.3) is 0 Å². The maximum Gasteiger partial charge on any atom is 0.249 e. The van der Waals surface area contributed by atoms with E-state index in [1.54, 1.807) is 0 Å². The van der Waals surface area contributed by atoms with E-state index < -0.39 is 0 Å². The van der Waals surface area contributed by atoms with Gasteiger partial charge in [-0.05, 0) is 94.0 Å². The predicted molar refractivity (Wildman–Crippen MR) is 266 cm³/mol. The third-order valence-electron chi connectivity index (χ3n) is 13.0. The van der Waals surface area contributed by atoms with E-state index in [1.807, 2.05) is 11.8 Å². The van der Waals surface area contributed by atoms with E-state index in [1.165, 1.54) is 104 Å². The van der Waals surface area contributed by atoms with E-state index in [9.17, 15) is 0 Å². The van der Waals surface area contributed by atoms with Crippen LogP contribution in [0.3, 0.4) is 0 Å². The van der Waals surface area contributed by atoms with E-state index in [-0.39, 0.29) is 6.71 Å². The van der Waals surface area contributed by atoms with Crippen LogP contribution in [0.4, 0.5) is 17.1 Å². The Balaban J connectivity index is 1.21. The summed E-state index contributed by atoms with van der Waals surface area (Å²) in [5.41, 5.74) is 20.0. The number of aryl methyl sites for hydroxylation is 1. The van der Waals surface area contributed by atoms with Gasteiger partial charge in [0.15, 0.2) is 0 Å². The summed E-state index contributed by atoms with van der Waals surface area (Å²) in [5.74, 6) is 0. The van der Waals surface area contributed by atoms with Gasteiger partial charge in [-0.25, -0.2) is 0 Å². The Morgan fingerprint density at radius 3 is 1.73 bits per heavy atom. The van der Waals surface area contributed by atoms with Gasteiger partial charge < -0.3 is 9.47 Å². The number of benzene rings is 9. The Kier molecular flexibility index (Phi) is 9.00. The largest absolute Gasteiger partial charge is 0.310 e. The molecule has 0 fully saturated rings. The van der Waals surface area contributed by atoms with Crippen molar-refractivity contribution in [2.45, 2.75) is 36.0 Å². The van der Waals surface area contributed by atoms with Gasteiger partial charge >= 0.3 is 0 Å². The van der Waals surface area contributed by atoms with Crippen LogP contribution in [0.15, 0.2) is 216 Å². The fraction of sp³-hybridized carbons (Fsp3) is 0.0690. The highest BCUT2D eigenvalue weighted by Crippen LogP contribution is 2.50. The summed E-state index contributed by atoms with van der Waals surface area (Å²) in [7, 11) is 0. The minimum absolute atomic E-state index is 0.0441. The lowest BCUT2D eigenvalue weighted by molar-refractivity contribution is 0.794. The summed E-state index contributed by atoms with van der Waals surface area (Å²) >= 11 is 1.95. The number of rotatable bonds is 8. The molecule has 2 aliphatic heterocycles. The van der Waals surface area contributed by atoms with Crippen LogP contribution in [0.25, 0.3) is 60.9 Å². The molecule has 0 radical (unpaired) electrons. The van der Waals surface area contributed by atoms with Gasteiger partial charge in [-0.2, -0.15) is 0 Å². The van der Waals surface area contributed by atoms with Gasteiger partial charge in [-0.15, -0.1) is 0 Å². The van der Waals surface area contributed by atoms with Crippen LogP contribution in [-0.2, 0) is 6.42 Å². The molecule has 3 heterocycles. The Morgan fingerprint density at radius 2 is 1.08 bits per heavy atom. The maximum atomic E-state index is 2.66. The summed E-state index contributed by atoms with van der Waals surface area (Å²) in [5, 5.41) is 2.53. The highest BCUT2D eigenvalue weighted by molar-refractivity contribution is 8.00. The molecule has 0 saturated carbocycles. The third-order valence-corrected chi connectivity index (χ3v) is 14.2. The molecule has 0 bridgehead atoms. The van der Waals surface area contributed by atoms with Crippen LogP contribution in [0.1, 0.15) is 25.3 Å². The molecule has 2 nitrogen and oxygen atoms in total.